The van der Waals surface area contributed by atoms with E-state index in [1.165, 1.54) is 51.4 Å². The van der Waals surface area contributed by atoms with Gasteiger partial charge < -0.3 is 4.74 Å². The molecule has 0 radical (unpaired) electrons. The number of esters is 1. The molecule has 0 saturated carbocycles. The lowest BCUT2D eigenvalue weighted by Crippen LogP contribution is -2.31. The minimum atomic E-state index is -4.46. The van der Waals surface area contributed by atoms with Crippen LogP contribution in [0.1, 0.15) is 96.0 Å². The molecule has 1 aromatic rings. The highest BCUT2D eigenvalue weighted by atomic mass is 32.2. The van der Waals surface area contributed by atoms with Crippen LogP contribution in [-0.2, 0) is 26.3 Å². The normalized spacial score (nSPS) is 12.6. The Morgan fingerprint density at radius 1 is 0.862 bits per heavy atom. The standard InChI is InChI=1S/C23H38O5S/c1-2-3-4-5-6-7-8-9-10-11-12-16-19-22(29(25,26)27)23(24)28-20-21-17-14-13-15-18-21/h13-15,17-18,22H,2-12,16,19-20H2,1H3,(H,25,26,27). The molecule has 0 heterocycles. The van der Waals surface area contributed by atoms with E-state index in [0.29, 0.717) is 6.42 Å². The zero-order valence-corrected chi connectivity index (χ0v) is 18.7. The highest BCUT2D eigenvalue weighted by Crippen LogP contribution is 2.16. The first-order valence-corrected chi connectivity index (χ1v) is 12.6. The molecule has 0 aliphatic rings. The summed E-state index contributed by atoms with van der Waals surface area (Å²) in [5.41, 5.74) is 0.778. The molecule has 1 N–H and O–H groups in total. The Kier molecular flexibility index (Phi) is 13.7. The molecule has 6 heteroatoms. The van der Waals surface area contributed by atoms with Crippen molar-refractivity contribution in [1.29, 1.82) is 0 Å². The lowest BCUT2D eigenvalue weighted by atomic mass is 10.0. The fraction of sp³-hybridized carbons (Fsp3) is 0.696. The Labute approximate surface area is 177 Å². The Balaban J connectivity index is 2.17. The van der Waals surface area contributed by atoms with E-state index in [2.05, 4.69) is 6.92 Å². The van der Waals surface area contributed by atoms with Gasteiger partial charge in [0.05, 0.1) is 0 Å². The minimum absolute atomic E-state index is 0.00410. The molecule has 0 amide bonds. The third kappa shape index (κ3) is 12.7. The number of hydrogen-bond donors (Lipinski definition) is 1. The first-order chi connectivity index (χ1) is 13.9. The minimum Gasteiger partial charge on any atom is -0.460 e. The number of ether oxygens (including phenoxy) is 1. The lowest BCUT2D eigenvalue weighted by molar-refractivity contribution is -0.144. The summed E-state index contributed by atoms with van der Waals surface area (Å²) in [6.07, 6.45) is 14.1. The van der Waals surface area contributed by atoms with Crippen LogP contribution in [0.25, 0.3) is 0 Å². The Morgan fingerprint density at radius 2 is 1.34 bits per heavy atom. The summed E-state index contributed by atoms with van der Waals surface area (Å²) in [6.45, 7) is 2.23. The maximum absolute atomic E-state index is 12.1. The predicted octanol–water partition coefficient (Wildman–Crippen LogP) is 6.08. The van der Waals surface area contributed by atoms with Crippen LogP contribution in [0, 0.1) is 0 Å². The summed E-state index contributed by atoms with van der Waals surface area (Å²) in [5, 5.41) is -1.49. The molecule has 5 nitrogen and oxygen atoms in total. The molecule has 0 aromatic heterocycles. The summed E-state index contributed by atoms with van der Waals surface area (Å²) in [5.74, 6) is -0.876. The van der Waals surface area contributed by atoms with Crippen LogP contribution in [-0.4, -0.2) is 24.2 Å². The molecule has 0 fully saturated rings. The van der Waals surface area contributed by atoms with Crippen molar-refractivity contribution >= 4 is 16.1 Å². The molecule has 29 heavy (non-hydrogen) atoms. The van der Waals surface area contributed by atoms with E-state index in [1.54, 1.807) is 12.1 Å². The Bertz CT molecular complexity index is 642. The summed E-state index contributed by atoms with van der Waals surface area (Å²) in [6, 6.07) is 9.06. The zero-order valence-electron chi connectivity index (χ0n) is 17.9. The van der Waals surface area contributed by atoms with Crippen LogP contribution in [0.15, 0.2) is 30.3 Å². The van der Waals surface area contributed by atoms with Gasteiger partial charge >= 0.3 is 5.97 Å². The third-order valence-electron chi connectivity index (χ3n) is 5.17. The maximum Gasteiger partial charge on any atom is 0.327 e. The first-order valence-electron chi connectivity index (χ1n) is 11.1. The van der Waals surface area contributed by atoms with Crippen LogP contribution in [0.4, 0.5) is 0 Å². The molecule has 0 spiro atoms. The van der Waals surface area contributed by atoms with Gasteiger partial charge in [-0.05, 0) is 12.0 Å². The summed E-state index contributed by atoms with van der Waals surface area (Å²) in [4.78, 5) is 12.1. The maximum atomic E-state index is 12.1. The van der Waals surface area contributed by atoms with Crippen LogP contribution in [0.2, 0.25) is 0 Å². The van der Waals surface area contributed by atoms with Gasteiger partial charge in [-0.2, -0.15) is 8.42 Å². The van der Waals surface area contributed by atoms with Gasteiger partial charge in [-0.1, -0.05) is 114 Å². The van der Waals surface area contributed by atoms with Crippen LogP contribution >= 0.6 is 0 Å². The second-order valence-corrected chi connectivity index (χ2v) is 9.37. The Morgan fingerprint density at radius 3 is 1.83 bits per heavy atom. The zero-order chi connectivity index (χ0) is 21.4. The number of rotatable bonds is 17. The van der Waals surface area contributed by atoms with E-state index in [4.69, 9.17) is 4.74 Å². The summed E-state index contributed by atoms with van der Waals surface area (Å²) in [7, 11) is -4.46. The molecule has 1 atom stereocenters. The number of carbonyl (C=O) groups excluding carboxylic acids is 1. The topological polar surface area (TPSA) is 80.7 Å². The van der Waals surface area contributed by atoms with Crippen molar-refractivity contribution in [2.24, 2.45) is 0 Å². The van der Waals surface area contributed by atoms with Crippen molar-refractivity contribution < 1.29 is 22.5 Å². The largest absolute Gasteiger partial charge is 0.460 e. The van der Waals surface area contributed by atoms with Gasteiger partial charge in [0.25, 0.3) is 10.1 Å². The van der Waals surface area contributed by atoms with E-state index < -0.39 is 21.3 Å². The number of unbranched alkanes of at least 4 members (excludes halogenated alkanes) is 11. The second kappa shape index (κ2) is 15.4. The van der Waals surface area contributed by atoms with Crippen LogP contribution in [0.5, 0.6) is 0 Å². The second-order valence-electron chi connectivity index (χ2n) is 7.77. The van der Waals surface area contributed by atoms with Crippen LogP contribution < -0.4 is 0 Å². The van der Waals surface area contributed by atoms with Crippen molar-refractivity contribution in [2.75, 3.05) is 0 Å². The molecule has 1 rings (SSSR count). The molecule has 0 bridgehead atoms. The van der Waals surface area contributed by atoms with Gasteiger partial charge in [-0.3, -0.25) is 9.35 Å². The number of carbonyl (C=O) groups is 1. The molecule has 0 saturated heterocycles. The SMILES string of the molecule is CCCCCCCCCCCCCCC(C(=O)OCc1ccccc1)S(=O)(=O)O. The van der Waals surface area contributed by atoms with Gasteiger partial charge in [-0.15, -0.1) is 0 Å². The van der Waals surface area contributed by atoms with E-state index >= 15 is 0 Å². The van der Waals surface area contributed by atoms with E-state index in [9.17, 15) is 17.8 Å². The Hall–Kier alpha value is -1.40. The quantitative estimate of drug-likeness (QED) is 0.185. The van der Waals surface area contributed by atoms with Crippen molar-refractivity contribution in [3.63, 3.8) is 0 Å². The fourth-order valence-corrected chi connectivity index (χ4v) is 4.16. The molecule has 0 aliphatic heterocycles. The lowest BCUT2D eigenvalue weighted by Gasteiger charge is -2.13. The average molecular weight is 427 g/mol. The number of benzene rings is 1. The van der Waals surface area contributed by atoms with Crippen molar-refractivity contribution in [3.8, 4) is 0 Å². The highest BCUT2D eigenvalue weighted by Gasteiger charge is 2.32. The van der Waals surface area contributed by atoms with Gasteiger partial charge in [0, 0.05) is 0 Å². The molecule has 166 valence electrons. The van der Waals surface area contributed by atoms with Crippen molar-refractivity contribution in [2.45, 2.75) is 102 Å². The summed E-state index contributed by atoms with van der Waals surface area (Å²) >= 11 is 0. The van der Waals surface area contributed by atoms with Gasteiger partial charge in [0.1, 0.15) is 6.61 Å². The molecule has 1 unspecified atom stereocenters. The smallest absolute Gasteiger partial charge is 0.327 e. The van der Waals surface area contributed by atoms with Gasteiger partial charge in [-0.25, -0.2) is 0 Å². The molecule has 1 aromatic carbocycles. The van der Waals surface area contributed by atoms with Gasteiger partial charge in [0.2, 0.25) is 0 Å². The highest BCUT2D eigenvalue weighted by molar-refractivity contribution is 7.87. The van der Waals surface area contributed by atoms with Crippen molar-refractivity contribution in [1.82, 2.24) is 0 Å². The van der Waals surface area contributed by atoms with Crippen molar-refractivity contribution in [3.05, 3.63) is 35.9 Å². The first kappa shape index (κ1) is 25.6. The van der Waals surface area contributed by atoms with E-state index in [-0.39, 0.29) is 13.0 Å². The molecular formula is C23H38O5S. The predicted molar refractivity (Wildman–Crippen MR) is 117 cm³/mol. The van der Waals surface area contributed by atoms with E-state index in [1.807, 2.05) is 18.2 Å². The monoisotopic (exact) mass is 426 g/mol. The molecule has 0 aliphatic carbocycles. The summed E-state index contributed by atoms with van der Waals surface area (Å²) < 4.78 is 37.6. The van der Waals surface area contributed by atoms with Gasteiger partial charge in [0.15, 0.2) is 5.25 Å². The fourth-order valence-electron chi connectivity index (χ4n) is 3.38. The number of hydrogen-bond acceptors (Lipinski definition) is 4. The third-order valence-corrected chi connectivity index (χ3v) is 6.31. The molecular weight excluding hydrogens is 388 g/mol. The van der Waals surface area contributed by atoms with Crippen LogP contribution in [0.3, 0.4) is 0 Å². The average Bonchev–Trinajstić information content (AvgIpc) is 2.69. The van der Waals surface area contributed by atoms with E-state index in [0.717, 1.165) is 24.8 Å².